The highest BCUT2D eigenvalue weighted by molar-refractivity contribution is 5.79. The van der Waals surface area contributed by atoms with Crippen molar-refractivity contribution in [3.8, 4) is 0 Å². The minimum atomic E-state index is 0.564. The van der Waals surface area contributed by atoms with Crippen molar-refractivity contribution in [2.24, 2.45) is 10.9 Å². The van der Waals surface area contributed by atoms with E-state index in [1.165, 1.54) is 0 Å². The largest absolute Gasteiger partial charge is 0.381 e. The lowest BCUT2D eigenvalue weighted by molar-refractivity contribution is 0.108. The normalized spacial score (nSPS) is 12.1. The zero-order valence-corrected chi connectivity index (χ0v) is 14.1. The molecule has 0 aromatic carbocycles. The van der Waals surface area contributed by atoms with Gasteiger partial charge in [0.25, 0.3) is 0 Å². The molecule has 0 radical (unpaired) electrons. The van der Waals surface area contributed by atoms with Crippen LogP contribution in [-0.2, 0) is 11.3 Å². The van der Waals surface area contributed by atoms with Crippen LogP contribution in [-0.4, -0.2) is 47.4 Å². The van der Waals surface area contributed by atoms with Gasteiger partial charge in [-0.15, -0.1) is 10.2 Å². The fourth-order valence-corrected chi connectivity index (χ4v) is 2.09. The molecular weight excluding hydrogens is 292 g/mol. The Morgan fingerprint density at radius 2 is 2.17 bits per heavy atom. The highest BCUT2D eigenvalue weighted by Crippen LogP contribution is 2.02. The van der Waals surface area contributed by atoms with Crippen molar-refractivity contribution in [1.82, 2.24) is 25.2 Å². The summed E-state index contributed by atoms with van der Waals surface area (Å²) < 4.78 is 7.51. The van der Waals surface area contributed by atoms with E-state index in [-0.39, 0.29) is 0 Å². The van der Waals surface area contributed by atoms with E-state index < -0.39 is 0 Å². The maximum absolute atomic E-state index is 5.56. The zero-order chi connectivity index (χ0) is 16.5. The third kappa shape index (κ3) is 5.52. The third-order valence-electron chi connectivity index (χ3n) is 3.23. The van der Waals surface area contributed by atoms with Crippen LogP contribution in [0.15, 0.2) is 29.4 Å². The number of rotatable bonds is 8. The molecule has 0 saturated carbocycles. The van der Waals surface area contributed by atoms with Gasteiger partial charge in [-0.3, -0.25) is 9.39 Å². The van der Waals surface area contributed by atoms with E-state index in [1.807, 2.05) is 28.8 Å². The first kappa shape index (κ1) is 17.2. The Labute approximate surface area is 137 Å². The van der Waals surface area contributed by atoms with E-state index in [4.69, 9.17) is 4.74 Å². The molecule has 0 atom stereocenters. The number of hydrogen-bond acceptors (Lipinski definition) is 4. The Balaban J connectivity index is 1.71. The summed E-state index contributed by atoms with van der Waals surface area (Å²) in [5.41, 5.74) is 0.842. The van der Waals surface area contributed by atoms with Crippen LogP contribution < -0.4 is 10.6 Å². The van der Waals surface area contributed by atoms with E-state index in [0.717, 1.165) is 43.6 Å². The van der Waals surface area contributed by atoms with Crippen LogP contribution in [0.25, 0.3) is 5.65 Å². The van der Waals surface area contributed by atoms with Gasteiger partial charge in [0.2, 0.25) is 0 Å². The number of ether oxygens (including phenoxy) is 1. The molecule has 2 heterocycles. The molecule has 7 nitrogen and oxygen atoms in total. The summed E-state index contributed by atoms with van der Waals surface area (Å²) in [5.74, 6) is 2.18. The molecule has 0 fully saturated rings. The predicted molar refractivity (Wildman–Crippen MR) is 91.5 cm³/mol. The Bertz CT molecular complexity index is 622. The van der Waals surface area contributed by atoms with Gasteiger partial charge in [-0.1, -0.05) is 19.9 Å². The quantitative estimate of drug-likeness (QED) is 0.438. The molecular formula is C16H26N6O. The maximum atomic E-state index is 5.56. The molecule has 0 amide bonds. The second kappa shape index (κ2) is 9.09. The monoisotopic (exact) mass is 318 g/mol. The van der Waals surface area contributed by atoms with Gasteiger partial charge in [0, 0.05) is 33.0 Å². The highest BCUT2D eigenvalue weighted by atomic mass is 16.5. The first-order valence-electron chi connectivity index (χ1n) is 8.01. The van der Waals surface area contributed by atoms with Gasteiger partial charge < -0.3 is 15.4 Å². The van der Waals surface area contributed by atoms with Gasteiger partial charge in [0.05, 0.1) is 6.54 Å². The lowest BCUT2D eigenvalue weighted by Crippen LogP contribution is -2.38. The number of nitrogens with one attached hydrogen (secondary N) is 2. The SMILES string of the molecule is CN=C(NCCCOCC(C)C)NCc1nnc2ccccn12. The van der Waals surface area contributed by atoms with Crippen LogP contribution >= 0.6 is 0 Å². The molecule has 0 aliphatic carbocycles. The number of fused-ring (bicyclic) bond motifs is 1. The first-order valence-corrected chi connectivity index (χ1v) is 8.01. The molecule has 2 aromatic heterocycles. The summed E-state index contributed by atoms with van der Waals surface area (Å²) in [6.45, 7) is 7.26. The standard InChI is InChI=1S/C16H26N6O/c1-13(2)12-23-10-6-8-18-16(17-3)19-11-15-21-20-14-7-4-5-9-22(14)15/h4-5,7,9,13H,6,8,10-12H2,1-3H3,(H2,17,18,19). The van der Waals surface area contributed by atoms with Crippen LogP contribution in [0.5, 0.6) is 0 Å². The molecule has 2 N–H and O–H groups in total. The average Bonchev–Trinajstić information content (AvgIpc) is 2.96. The number of pyridine rings is 1. The number of hydrogen-bond donors (Lipinski definition) is 2. The highest BCUT2D eigenvalue weighted by Gasteiger charge is 2.05. The van der Waals surface area contributed by atoms with Crippen molar-refractivity contribution >= 4 is 11.6 Å². The first-order chi connectivity index (χ1) is 11.2. The summed E-state index contributed by atoms with van der Waals surface area (Å²) in [6.07, 6.45) is 2.90. The average molecular weight is 318 g/mol. The van der Waals surface area contributed by atoms with E-state index in [9.17, 15) is 0 Å². The van der Waals surface area contributed by atoms with Crippen molar-refractivity contribution in [2.45, 2.75) is 26.8 Å². The number of aromatic nitrogens is 3. The number of aliphatic imine (C=N–C) groups is 1. The van der Waals surface area contributed by atoms with Gasteiger partial charge in [0.1, 0.15) is 0 Å². The van der Waals surface area contributed by atoms with E-state index >= 15 is 0 Å². The third-order valence-corrected chi connectivity index (χ3v) is 3.23. The summed E-state index contributed by atoms with van der Waals surface area (Å²) in [4.78, 5) is 4.21. The van der Waals surface area contributed by atoms with Gasteiger partial charge in [0.15, 0.2) is 17.4 Å². The predicted octanol–water partition coefficient (Wildman–Crippen LogP) is 1.46. The molecule has 2 rings (SSSR count). The van der Waals surface area contributed by atoms with E-state index in [2.05, 4.69) is 39.7 Å². The van der Waals surface area contributed by atoms with Gasteiger partial charge >= 0.3 is 0 Å². The van der Waals surface area contributed by atoms with Crippen LogP contribution in [0.3, 0.4) is 0 Å². The second-order valence-corrected chi connectivity index (χ2v) is 5.72. The smallest absolute Gasteiger partial charge is 0.191 e. The van der Waals surface area contributed by atoms with Crippen LogP contribution in [0, 0.1) is 5.92 Å². The summed E-state index contributed by atoms with van der Waals surface area (Å²) in [7, 11) is 1.76. The van der Waals surface area contributed by atoms with E-state index in [1.54, 1.807) is 7.05 Å². The minimum absolute atomic E-state index is 0.564. The molecule has 0 bridgehead atoms. The Morgan fingerprint density at radius 1 is 1.30 bits per heavy atom. The van der Waals surface area contributed by atoms with E-state index in [0.29, 0.717) is 12.5 Å². The summed E-state index contributed by atoms with van der Waals surface area (Å²) in [5, 5.41) is 14.8. The van der Waals surface area contributed by atoms with Gasteiger partial charge in [-0.25, -0.2) is 0 Å². The second-order valence-electron chi connectivity index (χ2n) is 5.72. The molecule has 7 heteroatoms. The van der Waals surface area contributed by atoms with Gasteiger partial charge in [-0.2, -0.15) is 0 Å². The molecule has 0 spiro atoms. The Kier molecular flexibility index (Phi) is 6.80. The number of nitrogens with zero attached hydrogens (tertiary/aromatic N) is 4. The Hall–Kier alpha value is -2.15. The lowest BCUT2D eigenvalue weighted by Gasteiger charge is -2.11. The van der Waals surface area contributed by atoms with Crippen LogP contribution in [0.1, 0.15) is 26.1 Å². The van der Waals surface area contributed by atoms with Crippen molar-refractivity contribution in [1.29, 1.82) is 0 Å². The van der Waals surface area contributed by atoms with Crippen molar-refractivity contribution < 1.29 is 4.74 Å². The molecule has 0 aliphatic heterocycles. The lowest BCUT2D eigenvalue weighted by atomic mass is 10.2. The fourth-order valence-electron chi connectivity index (χ4n) is 2.09. The molecule has 0 unspecified atom stereocenters. The fraction of sp³-hybridized carbons (Fsp3) is 0.562. The van der Waals surface area contributed by atoms with Crippen molar-refractivity contribution in [2.75, 3.05) is 26.8 Å². The minimum Gasteiger partial charge on any atom is -0.381 e. The topological polar surface area (TPSA) is 75.8 Å². The Morgan fingerprint density at radius 3 is 2.96 bits per heavy atom. The number of guanidine groups is 1. The molecule has 0 saturated heterocycles. The molecule has 23 heavy (non-hydrogen) atoms. The summed E-state index contributed by atoms with van der Waals surface area (Å²) >= 11 is 0. The van der Waals surface area contributed by atoms with Crippen molar-refractivity contribution in [3.05, 3.63) is 30.2 Å². The molecule has 0 aliphatic rings. The van der Waals surface area contributed by atoms with Crippen molar-refractivity contribution in [3.63, 3.8) is 0 Å². The maximum Gasteiger partial charge on any atom is 0.191 e. The molecule has 2 aromatic rings. The van der Waals surface area contributed by atoms with Gasteiger partial charge in [-0.05, 0) is 24.5 Å². The molecule has 126 valence electrons. The zero-order valence-electron chi connectivity index (χ0n) is 14.1. The summed E-state index contributed by atoms with van der Waals surface area (Å²) in [6, 6.07) is 5.84. The van der Waals surface area contributed by atoms with Crippen LogP contribution in [0.4, 0.5) is 0 Å². The van der Waals surface area contributed by atoms with Crippen LogP contribution in [0.2, 0.25) is 0 Å².